The average Bonchev–Trinajstić information content (AvgIpc) is 3.11. The molecule has 0 spiro atoms. The van der Waals surface area contributed by atoms with Gasteiger partial charge in [-0.25, -0.2) is 4.79 Å². The Morgan fingerprint density at radius 2 is 1.69 bits per heavy atom. The van der Waals surface area contributed by atoms with Crippen molar-refractivity contribution in [3.05, 3.63) is 60.2 Å². The first-order chi connectivity index (χ1) is 13.8. The molecular formula is C22H24N2O5. The van der Waals surface area contributed by atoms with Crippen LogP contribution in [-0.2, 0) is 20.8 Å². The zero-order valence-corrected chi connectivity index (χ0v) is 16.1. The SMILES string of the molecule is CC(=O)N1C[C@H](O)C[C@H]1C(=O)N[C@@H](Cc1ccc(-c2ccccc2)cc1)C(=O)O. The molecule has 0 radical (unpaired) electrons. The Bertz CT molecular complexity index is 882. The predicted molar refractivity (Wildman–Crippen MR) is 107 cm³/mol. The Balaban J connectivity index is 1.68. The van der Waals surface area contributed by atoms with Crippen molar-refractivity contribution in [1.82, 2.24) is 10.2 Å². The van der Waals surface area contributed by atoms with E-state index in [0.29, 0.717) is 0 Å². The minimum Gasteiger partial charge on any atom is -0.480 e. The molecule has 3 rings (SSSR count). The van der Waals surface area contributed by atoms with Crippen LogP contribution in [-0.4, -0.2) is 57.6 Å². The number of benzene rings is 2. The third-order valence-electron chi connectivity index (χ3n) is 5.10. The lowest BCUT2D eigenvalue weighted by molar-refractivity contribution is -0.143. The smallest absolute Gasteiger partial charge is 0.326 e. The highest BCUT2D eigenvalue weighted by Crippen LogP contribution is 2.21. The van der Waals surface area contributed by atoms with Crippen LogP contribution in [0.2, 0.25) is 0 Å². The van der Waals surface area contributed by atoms with Gasteiger partial charge in [0.05, 0.1) is 6.10 Å². The maximum atomic E-state index is 12.6. The number of carbonyl (C=O) groups is 3. The summed E-state index contributed by atoms with van der Waals surface area (Å²) < 4.78 is 0. The van der Waals surface area contributed by atoms with Crippen molar-refractivity contribution in [2.45, 2.75) is 38.0 Å². The number of likely N-dealkylation sites (tertiary alicyclic amines) is 1. The van der Waals surface area contributed by atoms with Gasteiger partial charge in [0.1, 0.15) is 12.1 Å². The molecule has 0 aliphatic carbocycles. The van der Waals surface area contributed by atoms with Crippen molar-refractivity contribution in [2.75, 3.05) is 6.54 Å². The van der Waals surface area contributed by atoms with Crippen molar-refractivity contribution in [3.8, 4) is 11.1 Å². The molecule has 7 nitrogen and oxygen atoms in total. The molecule has 2 aromatic rings. The molecule has 1 aliphatic rings. The zero-order chi connectivity index (χ0) is 21.0. The molecule has 1 heterocycles. The summed E-state index contributed by atoms with van der Waals surface area (Å²) in [7, 11) is 0. The maximum Gasteiger partial charge on any atom is 0.326 e. The van der Waals surface area contributed by atoms with Gasteiger partial charge in [0.2, 0.25) is 11.8 Å². The van der Waals surface area contributed by atoms with Crippen LogP contribution in [0.1, 0.15) is 18.9 Å². The number of aliphatic hydroxyl groups excluding tert-OH is 1. The minimum absolute atomic E-state index is 0.0755. The van der Waals surface area contributed by atoms with Crippen LogP contribution in [0.15, 0.2) is 54.6 Å². The Morgan fingerprint density at radius 3 is 2.28 bits per heavy atom. The number of carboxylic acids is 1. The first kappa shape index (κ1) is 20.5. The number of nitrogens with zero attached hydrogens (tertiary/aromatic N) is 1. The van der Waals surface area contributed by atoms with Crippen LogP contribution in [0, 0.1) is 0 Å². The first-order valence-electron chi connectivity index (χ1n) is 9.48. The van der Waals surface area contributed by atoms with Crippen molar-refractivity contribution in [1.29, 1.82) is 0 Å². The molecule has 1 fully saturated rings. The number of carbonyl (C=O) groups excluding carboxylic acids is 2. The molecule has 2 amide bonds. The molecule has 2 aromatic carbocycles. The van der Waals surface area contributed by atoms with E-state index in [0.717, 1.165) is 16.7 Å². The highest BCUT2D eigenvalue weighted by atomic mass is 16.4. The highest BCUT2D eigenvalue weighted by Gasteiger charge is 2.38. The fraction of sp³-hybridized carbons (Fsp3) is 0.318. The topological polar surface area (TPSA) is 107 Å². The van der Waals surface area contributed by atoms with E-state index < -0.39 is 30.1 Å². The third kappa shape index (κ3) is 5.00. The second-order valence-electron chi connectivity index (χ2n) is 7.24. The van der Waals surface area contributed by atoms with Gasteiger partial charge in [-0.3, -0.25) is 9.59 Å². The number of rotatable bonds is 6. The molecule has 3 atom stereocenters. The Labute approximate surface area is 169 Å². The summed E-state index contributed by atoms with van der Waals surface area (Å²) in [6.07, 6.45) is -0.571. The van der Waals surface area contributed by atoms with Crippen LogP contribution < -0.4 is 5.32 Å². The highest BCUT2D eigenvalue weighted by molar-refractivity contribution is 5.90. The van der Waals surface area contributed by atoms with Gasteiger partial charge in [-0.2, -0.15) is 0 Å². The summed E-state index contributed by atoms with van der Waals surface area (Å²) in [5, 5.41) is 21.8. The monoisotopic (exact) mass is 396 g/mol. The first-order valence-corrected chi connectivity index (χ1v) is 9.48. The van der Waals surface area contributed by atoms with Crippen LogP contribution in [0.5, 0.6) is 0 Å². The van der Waals surface area contributed by atoms with Gasteiger partial charge in [0, 0.05) is 26.3 Å². The van der Waals surface area contributed by atoms with Gasteiger partial charge in [-0.1, -0.05) is 54.6 Å². The molecule has 29 heavy (non-hydrogen) atoms. The fourth-order valence-electron chi connectivity index (χ4n) is 3.58. The number of hydrogen-bond donors (Lipinski definition) is 3. The minimum atomic E-state index is -1.15. The second-order valence-corrected chi connectivity index (χ2v) is 7.24. The lowest BCUT2D eigenvalue weighted by Gasteiger charge is -2.24. The van der Waals surface area contributed by atoms with Crippen LogP contribution in [0.4, 0.5) is 0 Å². The summed E-state index contributed by atoms with van der Waals surface area (Å²) in [5.41, 5.74) is 2.85. The number of carboxylic acid groups (broad SMARTS) is 1. The standard InChI is InChI=1S/C22H24N2O5/c1-14(25)24-13-18(26)12-20(24)21(27)23-19(22(28)29)11-15-7-9-17(10-8-15)16-5-3-2-4-6-16/h2-10,18-20,26H,11-13H2,1H3,(H,23,27)(H,28,29)/t18-,19+,20+/m1/s1. The van der Waals surface area contributed by atoms with Crippen molar-refractivity contribution in [3.63, 3.8) is 0 Å². The van der Waals surface area contributed by atoms with Gasteiger partial charge >= 0.3 is 5.97 Å². The predicted octanol–water partition coefficient (Wildman–Crippen LogP) is 1.45. The fourth-order valence-corrected chi connectivity index (χ4v) is 3.58. The lowest BCUT2D eigenvalue weighted by atomic mass is 10.0. The molecule has 152 valence electrons. The van der Waals surface area contributed by atoms with Crippen LogP contribution >= 0.6 is 0 Å². The van der Waals surface area contributed by atoms with E-state index in [1.807, 2.05) is 54.6 Å². The summed E-state index contributed by atoms with van der Waals surface area (Å²) >= 11 is 0. The molecular weight excluding hydrogens is 372 g/mol. The van der Waals surface area contributed by atoms with E-state index in [1.54, 1.807) is 0 Å². The molecule has 0 unspecified atom stereocenters. The third-order valence-corrected chi connectivity index (χ3v) is 5.10. The van der Waals surface area contributed by atoms with E-state index >= 15 is 0 Å². The Hall–Kier alpha value is -3.19. The van der Waals surface area contributed by atoms with Gasteiger partial charge in [-0.15, -0.1) is 0 Å². The summed E-state index contributed by atoms with van der Waals surface area (Å²) in [4.78, 5) is 37.2. The van der Waals surface area contributed by atoms with E-state index in [9.17, 15) is 24.6 Å². The molecule has 7 heteroatoms. The molecule has 0 bridgehead atoms. The molecule has 1 saturated heterocycles. The van der Waals surface area contributed by atoms with E-state index in [1.165, 1.54) is 11.8 Å². The summed E-state index contributed by atoms with van der Waals surface area (Å²) in [6.45, 7) is 1.40. The summed E-state index contributed by atoms with van der Waals surface area (Å²) in [6, 6.07) is 15.3. The van der Waals surface area contributed by atoms with Gasteiger partial charge in [-0.05, 0) is 16.7 Å². The summed E-state index contributed by atoms with van der Waals surface area (Å²) in [5.74, 6) is -2.05. The number of amides is 2. The van der Waals surface area contributed by atoms with Gasteiger partial charge in [0.15, 0.2) is 0 Å². The van der Waals surface area contributed by atoms with E-state index in [-0.39, 0.29) is 25.3 Å². The zero-order valence-electron chi connectivity index (χ0n) is 16.1. The molecule has 1 aliphatic heterocycles. The maximum absolute atomic E-state index is 12.6. The number of hydrogen-bond acceptors (Lipinski definition) is 4. The quantitative estimate of drug-likeness (QED) is 0.685. The normalized spacial score (nSPS) is 19.6. The largest absolute Gasteiger partial charge is 0.480 e. The Kier molecular flexibility index (Phi) is 6.29. The van der Waals surface area contributed by atoms with E-state index in [2.05, 4.69) is 5.32 Å². The van der Waals surface area contributed by atoms with E-state index in [4.69, 9.17) is 0 Å². The van der Waals surface area contributed by atoms with Crippen molar-refractivity contribution < 1.29 is 24.6 Å². The average molecular weight is 396 g/mol. The van der Waals surface area contributed by atoms with Crippen LogP contribution in [0.3, 0.4) is 0 Å². The molecule has 3 N–H and O–H groups in total. The number of aliphatic carboxylic acids is 1. The van der Waals surface area contributed by atoms with Crippen molar-refractivity contribution in [2.24, 2.45) is 0 Å². The lowest BCUT2D eigenvalue weighted by Crippen LogP contribution is -2.51. The molecule has 0 aromatic heterocycles. The van der Waals surface area contributed by atoms with Gasteiger partial charge in [0.25, 0.3) is 0 Å². The number of nitrogens with one attached hydrogen (secondary N) is 1. The Morgan fingerprint density at radius 1 is 1.07 bits per heavy atom. The van der Waals surface area contributed by atoms with Crippen LogP contribution in [0.25, 0.3) is 11.1 Å². The number of β-amino-alcohol motifs (C(OH)–C–C–N with tert-alkyl or cyclic N) is 1. The molecule has 0 saturated carbocycles. The number of aliphatic hydroxyl groups is 1. The second kappa shape index (κ2) is 8.87. The van der Waals surface area contributed by atoms with Gasteiger partial charge < -0.3 is 20.4 Å². The van der Waals surface area contributed by atoms with Crippen molar-refractivity contribution >= 4 is 17.8 Å².